The summed E-state index contributed by atoms with van der Waals surface area (Å²) in [4.78, 5) is 21.4. The van der Waals surface area contributed by atoms with Gasteiger partial charge in [0.1, 0.15) is 5.75 Å². The number of nitro benzene ring substituents is 1. The summed E-state index contributed by atoms with van der Waals surface area (Å²) in [6, 6.07) is 3.92. The Morgan fingerprint density at radius 2 is 2.19 bits per heavy atom. The molecule has 0 N–H and O–H groups in total. The summed E-state index contributed by atoms with van der Waals surface area (Å²) >= 11 is 3.15. The lowest BCUT2D eigenvalue weighted by Crippen LogP contribution is -2.11. The van der Waals surface area contributed by atoms with Gasteiger partial charge < -0.3 is 4.74 Å². The fourth-order valence-corrected chi connectivity index (χ4v) is 1.46. The van der Waals surface area contributed by atoms with Gasteiger partial charge in [-0.05, 0) is 13.0 Å². The number of rotatable bonds is 4. The first-order chi connectivity index (χ1) is 7.47. The highest BCUT2D eigenvalue weighted by atomic mass is 79.9. The first-order valence-corrected chi connectivity index (χ1v) is 5.39. The maximum Gasteiger partial charge on any atom is 0.273 e. The minimum Gasteiger partial charge on any atom is -0.496 e. The Kier molecular flexibility index (Phi) is 4.00. The molecule has 1 rings (SSSR count). The number of nitrogens with zero attached hydrogens (tertiary/aromatic N) is 1. The molecule has 1 aromatic carbocycles. The van der Waals surface area contributed by atoms with E-state index in [1.807, 2.05) is 0 Å². The van der Waals surface area contributed by atoms with Crippen LogP contribution in [0, 0.1) is 10.1 Å². The molecule has 0 fully saturated rings. The zero-order valence-corrected chi connectivity index (χ0v) is 10.4. The van der Waals surface area contributed by atoms with Crippen LogP contribution >= 0.6 is 15.9 Å². The number of non-ortho nitro benzene ring substituents is 1. The number of hydrogen-bond acceptors (Lipinski definition) is 4. The predicted molar refractivity (Wildman–Crippen MR) is 62.4 cm³/mol. The highest BCUT2D eigenvalue weighted by Gasteiger charge is 2.19. The zero-order chi connectivity index (χ0) is 12.3. The molecular formula is C10H10BrNO4. The predicted octanol–water partition coefficient (Wildman–Crippen LogP) is 2.57. The van der Waals surface area contributed by atoms with Gasteiger partial charge in [-0.3, -0.25) is 14.9 Å². The number of Topliss-reactive ketones (excluding diaryl/α,β-unsaturated/α-hetero) is 1. The average molecular weight is 288 g/mol. The summed E-state index contributed by atoms with van der Waals surface area (Å²) in [5.74, 6) is 0.0391. The van der Waals surface area contributed by atoms with Gasteiger partial charge in [0.2, 0.25) is 0 Å². The van der Waals surface area contributed by atoms with Gasteiger partial charge in [-0.25, -0.2) is 0 Å². The van der Waals surface area contributed by atoms with Crippen molar-refractivity contribution in [3.05, 3.63) is 33.9 Å². The third kappa shape index (κ3) is 2.57. The molecule has 0 saturated carbocycles. The van der Waals surface area contributed by atoms with Gasteiger partial charge >= 0.3 is 0 Å². The minimum absolute atomic E-state index is 0.101. The van der Waals surface area contributed by atoms with Crippen LogP contribution in [0.3, 0.4) is 0 Å². The van der Waals surface area contributed by atoms with Crippen LogP contribution in [-0.2, 0) is 0 Å². The molecule has 16 heavy (non-hydrogen) atoms. The molecule has 1 aromatic rings. The quantitative estimate of drug-likeness (QED) is 0.369. The van der Waals surface area contributed by atoms with Crippen LogP contribution in [0.1, 0.15) is 17.3 Å². The Balaban J connectivity index is 3.22. The van der Waals surface area contributed by atoms with E-state index in [9.17, 15) is 14.9 Å². The van der Waals surface area contributed by atoms with Crippen molar-refractivity contribution in [3.63, 3.8) is 0 Å². The van der Waals surface area contributed by atoms with Crippen LogP contribution in [0.5, 0.6) is 5.75 Å². The molecule has 1 atom stereocenters. The van der Waals surface area contributed by atoms with Crippen molar-refractivity contribution >= 4 is 27.4 Å². The number of halogens is 1. The van der Waals surface area contributed by atoms with E-state index in [1.54, 1.807) is 6.92 Å². The molecule has 6 heteroatoms. The summed E-state index contributed by atoms with van der Waals surface area (Å²) in [5, 5.41) is 10.5. The number of ketones is 1. The number of hydrogen-bond donors (Lipinski definition) is 0. The Morgan fingerprint density at radius 1 is 1.56 bits per heavy atom. The monoisotopic (exact) mass is 287 g/mol. The summed E-state index contributed by atoms with van der Waals surface area (Å²) in [6.45, 7) is 1.68. The molecule has 86 valence electrons. The molecule has 0 radical (unpaired) electrons. The average Bonchev–Trinajstić information content (AvgIpc) is 2.26. The fraction of sp³-hybridized carbons (Fsp3) is 0.300. The number of methoxy groups -OCH3 is 1. The molecule has 0 aliphatic heterocycles. The lowest BCUT2D eigenvalue weighted by Gasteiger charge is -2.08. The normalized spacial score (nSPS) is 11.9. The van der Waals surface area contributed by atoms with E-state index >= 15 is 0 Å². The molecule has 0 aliphatic carbocycles. The number of ether oxygens (including phenoxy) is 1. The smallest absolute Gasteiger partial charge is 0.273 e. The Morgan fingerprint density at radius 3 is 2.62 bits per heavy atom. The summed E-state index contributed by atoms with van der Waals surface area (Å²) in [7, 11) is 1.37. The molecule has 0 aliphatic rings. The molecule has 0 spiro atoms. The second kappa shape index (κ2) is 5.07. The van der Waals surface area contributed by atoms with Crippen LogP contribution < -0.4 is 4.74 Å². The minimum atomic E-state index is -0.533. The first-order valence-electron chi connectivity index (χ1n) is 4.48. The summed E-state index contributed by atoms with van der Waals surface area (Å²) in [5.41, 5.74) is 0.230. The second-order valence-electron chi connectivity index (χ2n) is 3.12. The van der Waals surface area contributed by atoms with E-state index in [0.29, 0.717) is 5.56 Å². The Bertz CT molecular complexity index is 431. The van der Waals surface area contributed by atoms with Crippen LogP contribution in [0.2, 0.25) is 0 Å². The van der Waals surface area contributed by atoms with Crippen molar-refractivity contribution in [2.24, 2.45) is 0 Å². The highest BCUT2D eigenvalue weighted by Crippen LogP contribution is 2.26. The lowest BCUT2D eigenvalue weighted by atomic mass is 10.1. The van der Waals surface area contributed by atoms with Gasteiger partial charge in [-0.15, -0.1) is 0 Å². The van der Waals surface area contributed by atoms with Crippen molar-refractivity contribution in [2.45, 2.75) is 11.8 Å². The lowest BCUT2D eigenvalue weighted by molar-refractivity contribution is -0.384. The zero-order valence-electron chi connectivity index (χ0n) is 8.77. The maximum absolute atomic E-state index is 11.7. The van der Waals surface area contributed by atoms with Gasteiger partial charge in [0.15, 0.2) is 5.78 Å². The van der Waals surface area contributed by atoms with E-state index in [0.717, 1.165) is 0 Å². The maximum atomic E-state index is 11.7. The number of benzene rings is 1. The molecule has 5 nitrogen and oxygen atoms in total. The standard InChI is InChI=1S/C10H10BrNO4/c1-6(11)10(13)8-4-3-7(12(14)15)5-9(8)16-2/h3-6H,1-2H3. The van der Waals surface area contributed by atoms with Crippen molar-refractivity contribution < 1.29 is 14.5 Å². The van der Waals surface area contributed by atoms with E-state index in [1.165, 1.54) is 25.3 Å². The van der Waals surface area contributed by atoms with Crippen LogP contribution in [0.15, 0.2) is 18.2 Å². The first kappa shape index (κ1) is 12.6. The fourth-order valence-electron chi connectivity index (χ4n) is 1.21. The Hall–Kier alpha value is -1.43. The number of carbonyl (C=O) groups excluding carboxylic acids is 1. The second-order valence-corrected chi connectivity index (χ2v) is 4.50. The number of alkyl halides is 1. The molecule has 1 unspecified atom stereocenters. The van der Waals surface area contributed by atoms with Crippen LogP contribution in [-0.4, -0.2) is 22.6 Å². The van der Waals surface area contributed by atoms with E-state index in [2.05, 4.69) is 15.9 Å². The van der Waals surface area contributed by atoms with Crippen molar-refractivity contribution in [2.75, 3.05) is 7.11 Å². The third-order valence-electron chi connectivity index (χ3n) is 2.02. The van der Waals surface area contributed by atoms with Gasteiger partial charge in [0.05, 0.1) is 28.5 Å². The van der Waals surface area contributed by atoms with Gasteiger partial charge in [-0.1, -0.05) is 15.9 Å². The van der Waals surface area contributed by atoms with Crippen molar-refractivity contribution in [1.82, 2.24) is 0 Å². The van der Waals surface area contributed by atoms with E-state index in [4.69, 9.17) is 4.74 Å². The molecule has 0 bridgehead atoms. The molecule has 0 amide bonds. The Labute approximate surface area is 101 Å². The third-order valence-corrected chi connectivity index (χ3v) is 2.44. The van der Waals surface area contributed by atoms with Crippen molar-refractivity contribution in [1.29, 1.82) is 0 Å². The van der Waals surface area contributed by atoms with Gasteiger partial charge in [0, 0.05) is 6.07 Å². The summed E-state index contributed by atoms with van der Waals surface area (Å²) < 4.78 is 4.96. The topological polar surface area (TPSA) is 69.4 Å². The molecule has 0 heterocycles. The van der Waals surface area contributed by atoms with Gasteiger partial charge in [-0.2, -0.15) is 0 Å². The van der Waals surface area contributed by atoms with Gasteiger partial charge in [0.25, 0.3) is 5.69 Å². The van der Waals surface area contributed by atoms with E-state index in [-0.39, 0.29) is 22.0 Å². The highest BCUT2D eigenvalue weighted by molar-refractivity contribution is 9.10. The largest absolute Gasteiger partial charge is 0.496 e. The van der Waals surface area contributed by atoms with Crippen molar-refractivity contribution in [3.8, 4) is 5.75 Å². The number of nitro groups is 1. The van der Waals surface area contributed by atoms with E-state index < -0.39 is 4.92 Å². The molecule has 0 aromatic heterocycles. The van der Waals surface area contributed by atoms with Crippen LogP contribution in [0.4, 0.5) is 5.69 Å². The SMILES string of the molecule is COc1cc([N+](=O)[O-])ccc1C(=O)C(C)Br. The molecular weight excluding hydrogens is 278 g/mol. The molecule has 0 saturated heterocycles. The number of carbonyl (C=O) groups is 1. The summed E-state index contributed by atoms with van der Waals surface area (Å²) in [6.07, 6.45) is 0. The van der Waals surface area contributed by atoms with Crippen LogP contribution in [0.25, 0.3) is 0 Å².